The summed E-state index contributed by atoms with van der Waals surface area (Å²) in [6, 6.07) is 16.1. The molecule has 7 nitrogen and oxygen atoms in total. The molecule has 2 aliphatic rings. The quantitative estimate of drug-likeness (QED) is 0.752. The van der Waals surface area contributed by atoms with Crippen LogP contribution in [0.15, 0.2) is 58.4 Å². The van der Waals surface area contributed by atoms with Gasteiger partial charge in [-0.25, -0.2) is 8.42 Å². The van der Waals surface area contributed by atoms with Crippen molar-refractivity contribution in [3.8, 4) is 6.07 Å². The zero-order valence-electron chi connectivity index (χ0n) is 18.0. The van der Waals surface area contributed by atoms with Crippen molar-refractivity contribution >= 4 is 21.5 Å². The van der Waals surface area contributed by atoms with Crippen molar-refractivity contribution in [2.24, 2.45) is 4.99 Å². The first-order chi connectivity index (χ1) is 14.6. The van der Waals surface area contributed by atoms with E-state index in [0.717, 1.165) is 17.1 Å². The van der Waals surface area contributed by atoms with Gasteiger partial charge >= 0.3 is 0 Å². The summed E-state index contributed by atoms with van der Waals surface area (Å²) in [4.78, 5) is 5.16. The number of fused-ring (bicyclic) bond motifs is 1. The Labute approximate surface area is 183 Å². The highest BCUT2D eigenvalue weighted by atomic mass is 32.2. The van der Waals surface area contributed by atoms with Crippen molar-refractivity contribution in [3.63, 3.8) is 0 Å². The summed E-state index contributed by atoms with van der Waals surface area (Å²) < 4.78 is 28.1. The van der Waals surface area contributed by atoms with E-state index in [-0.39, 0.29) is 17.0 Å². The minimum absolute atomic E-state index is 0.197. The molecule has 31 heavy (non-hydrogen) atoms. The van der Waals surface area contributed by atoms with E-state index >= 15 is 0 Å². The van der Waals surface area contributed by atoms with Crippen LogP contribution < -0.4 is 10.6 Å². The molecule has 1 unspecified atom stereocenters. The lowest BCUT2D eigenvalue weighted by Crippen LogP contribution is -2.56. The molecule has 0 radical (unpaired) electrons. The smallest absolute Gasteiger partial charge is 0.243 e. The number of benzene rings is 2. The van der Waals surface area contributed by atoms with Crippen molar-refractivity contribution < 1.29 is 8.42 Å². The topological polar surface area (TPSA) is 97.6 Å². The molecule has 162 valence electrons. The fourth-order valence-corrected chi connectivity index (χ4v) is 5.53. The molecule has 0 bridgehead atoms. The van der Waals surface area contributed by atoms with Crippen molar-refractivity contribution in [1.29, 1.82) is 5.26 Å². The Morgan fingerprint density at radius 1 is 1.13 bits per heavy atom. The Hall–Kier alpha value is -2.73. The summed E-state index contributed by atoms with van der Waals surface area (Å²) in [6.07, 6.45) is 0.610. The Balaban J connectivity index is 1.69. The molecule has 0 aliphatic carbocycles. The monoisotopic (exact) mass is 437 g/mol. The van der Waals surface area contributed by atoms with Gasteiger partial charge in [-0.1, -0.05) is 18.2 Å². The number of para-hydroxylation sites is 1. The number of nitriles is 1. The Morgan fingerprint density at radius 2 is 1.84 bits per heavy atom. The predicted molar refractivity (Wildman–Crippen MR) is 121 cm³/mol. The van der Waals surface area contributed by atoms with Gasteiger partial charge < -0.3 is 5.32 Å². The number of hydrogen-bond acceptors (Lipinski definition) is 5. The first-order valence-electron chi connectivity index (χ1n) is 10.3. The van der Waals surface area contributed by atoms with Crippen LogP contribution in [0.25, 0.3) is 0 Å². The molecule has 0 aromatic heterocycles. The van der Waals surface area contributed by atoms with Gasteiger partial charge in [0.05, 0.1) is 27.6 Å². The molecule has 1 spiro atoms. The fourth-order valence-electron chi connectivity index (χ4n) is 4.03. The van der Waals surface area contributed by atoms with Crippen LogP contribution in [0.1, 0.15) is 38.3 Å². The van der Waals surface area contributed by atoms with E-state index in [9.17, 15) is 8.42 Å². The highest BCUT2D eigenvalue weighted by molar-refractivity contribution is 7.89. The van der Waals surface area contributed by atoms with Crippen molar-refractivity contribution in [2.75, 3.05) is 18.4 Å². The van der Waals surface area contributed by atoms with Crippen LogP contribution in [0.5, 0.6) is 0 Å². The summed E-state index contributed by atoms with van der Waals surface area (Å²) in [5.74, 6) is 0.766. The summed E-state index contributed by atoms with van der Waals surface area (Å²) in [5.41, 5.74) is 1.61. The second-order valence-electron chi connectivity index (χ2n) is 9.07. The maximum atomic E-state index is 13.3. The third-order valence-electron chi connectivity index (χ3n) is 5.64. The summed E-state index contributed by atoms with van der Waals surface area (Å²) in [6.45, 7) is 7.39. The second-order valence-corrected chi connectivity index (χ2v) is 11.0. The van der Waals surface area contributed by atoms with Crippen LogP contribution in [0.3, 0.4) is 0 Å². The summed E-state index contributed by atoms with van der Waals surface area (Å²) in [5, 5.41) is 16.1. The fraction of sp³-hybridized carbons (Fsp3) is 0.391. The lowest BCUT2D eigenvalue weighted by molar-refractivity contribution is 0.417. The van der Waals surface area contributed by atoms with Crippen molar-refractivity contribution in [3.05, 3.63) is 59.7 Å². The molecule has 2 N–H and O–H groups in total. The molecule has 2 heterocycles. The maximum Gasteiger partial charge on any atom is 0.243 e. The largest absolute Gasteiger partial charge is 0.342 e. The van der Waals surface area contributed by atoms with Gasteiger partial charge in [-0.2, -0.15) is 9.57 Å². The Morgan fingerprint density at radius 3 is 2.52 bits per heavy atom. The average molecular weight is 438 g/mol. The lowest BCUT2D eigenvalue weighted by atomic mass is 9.95. The molecule has 2 aromatic carbocycles. The van der Waals surface area contributed by atoms with Gasteiger partial charge in [-0.05, 0) is 63.1 Å². The van der Waals surface area contributed by atoms with Gasteiger partial charge in [0.25, 0.3) is 0 Å². The summed E-state index contributed by atoms with van der Waals surface area (Å²) in [7, 11) is -3.68. The number of anilines is 1. The third kappa shape index (κ3) is 4.22. The van der Waals surface area contributed by atoms with E-state index in [0.29, 0.717) is 25.1 Å². The summed E-state index contributed by atoms with van der Waals surface area (Å²) >= 11 is 0. The first-order valence-corrected chi connectivity index (χ1v) is 11.8. The average Bonchev–Trinajstić information content (AvgIpc) is 3.12. The van der Waals surface area contributed by atoms with Crippen molar-refractivity contribution in [1.82, 2.24) is 9.62 Å². The van der Waals surface area contributed by atoms with Gasteiger partial charge in [0.1, 0.15) is 5.84 Å². The van der Waals surface area contributed by atoms with Crippen LogP contribution in [0.4, 0.5) is 5.69 Å². The van der Waals surface area contributed by atoms with Crippen LogP contribution in [-0.4, -0.2) is 42.7 Å². The Kier molecular flexibility index (Phi) is 5.38. The van der Waals surface area contributed by atoms with Gasteiger partial charge in [-0.15, -0.1) is 0 Å². The number of nitrogens with zero attached hydrogens (tertiary/aromatic N) is 3. The van der Waals surface area contributed by atoms with E-state index in [2.05, 4.69) is 16.7 Å². The van der Waals surface area contributed by atoms with Crippen LogP contribution >= 0.6 is 0 Å². The Bertz CT molecular complexity index is 1160. The first kappa shape index (κ1) is 21.5. The molecule has 2 aromatic rings. The maximum absolute atomic E-state index is 13.3. The molecule has 1 atom stereocenters. The molecule has 0 amide bonds. The molecule has 2 aliphatic heterocycles. The lowest BCUT2D eigenvalue weighted by Gasteiger charge is -2.32. The number of sulfonamides is 1. The molecule has 0 saturated carbocycles. The van der Waals surface area contributed by atoms with Gasteiger partial charge in [0.2, 0.25) is 10.0 Å². The SMILES string of the molecule is CC(C)(C)N=C1Nc2ccccc2CNC12CCN(S(=O)(=O)c1ccc(C#N)cc1)C2. The van der Waals surface area contributed by atoms with Gasteiger partial charge in [-0.3, -0.25) is 10.3 Å². The van der Waals surface area contributed by atoms with Crippen LogP contribution in [0, 0.1) is 11.3 Å². The zero-order chi connectivity index (χ0) is 22.3. The molecule has 4 rings (SSSR count). The van der Waals surface area contributed by atoms with Crippen LogP contribution in [0.2, 0.25) is 0 Å². The number of nitrogens with one attached hydrogen (secondary N) is 2. The van der Waals surface area contributed by atoms with Crippen molar-refractivity contribution in [2.45, 2.75) is 49.7 Å². The molecular weight excluding hydrogens is 410 g/mol. The predicted octanol–water partition coefficient (Wildman–Crippen LogP) is 3.10. The third-order valence-corrected chi connectivity index (χ3v) is 7.50. The highest BCUT2D eigenvalue weighted by Crippen LogP contribution is 2.33. The number of rotatable bonds is 2. The minimum Gasteiger partial charge on any atom is -0.342 e. The number of hydrogen-bond donors (Lipinski definition) is 2. The van der Waals surface area contributed by atoms with E-state index in [1.54, 1.807) is 0 Å². The van der Waals surface area contributed by atoms with Gasteiger partial charge in [0, 0.05) is 25.3 Å². The molecular formula is C23H27N5O2S. The zero-order valence-corrected chi connectivity index (χ0v) is 18.8. The number of aliphatic imine (C=N–C) groups is 1. The van der Waals surface area contributed by atoms with E-state index in [1.807, 2.05) is 45.0 Å². The minimum atomic E-state index is -3.68. The molecule has 8 heteroatoms. The van der Waals surface area contributed by atoms with E-state index < -0.39 is 15.6 Å². The van der Waals surface area contributed by atoms with E-state index in [4.69, 9.17) is 10.3 Å². The highest BCUT2D eigenvalue weighted by Gasteiger charge is 2.48. The van der Waals surface area contributed by atoms with Gasteiger partial charge in [0.15, 0.2) is 0 Å². The number of amidine groups is 1. The normalized spacial score (nSPS) is 23.2. The van der Waals surface area contributed by atoms with E-state index in [1.165, 1.54) is 28.6 Å². The molecule has 1 fully saturated rings. The standard InChI is InChI=1S/C23H27N5O2S/c1-22(2,3)27-21-23(25-15-18-6-4-5-7-20(18)26-21)12-13-28(16-23)31(29,30)19-10-8-17(14-24)9-11-19/h4-11,25H,12-13,15-16H2,1-3H3,(H,26,27). The molecule has 1 saturated heterocycles. The van der Waals surface area contributed by atoms with Crippen LogP contribution in [-0.2, 0) is 16.6 Å². The second kappa shape index (κ2) is 7.75.